The van der Waals surface area contributed by atoms with Gasteiger partial charge in [-0.3, -0.25) is 81.5 Å². The molecule has 566 valence electrons. The summed E-state index contributed by atoms with van der Waals surface area (Å²) in [5.74, 6) is -23.2. The summed E-state index contributed by atoms with van der Waals surface area (Å²) in [6, 6.07) is -5.51. The third-order valence-corrected chi connectivity index (χ3v) is 16.4. The first-order chi connectivity index (χ1) is 48.4. The van der Waals surface area contributed by atoms with Crippen LogP contribution in [0.2, 0.25) is 0 Å². The smallest absolute Gasteiger partial charge is 0.326 e. The van der Waals surface area contributed by atoms with Gasteiger partial charge in [0.1, 0.15) is 72.2 Å². The standard InChI is InChI=1S/C66H92N12O25/c1-6-34(4)55(77-59(95)42(22-27-53(88)89)70-56(92)39(19-24-50(82)83)71-61(97)45(30-36-11-8-7-9-12-36)76-63(99)47(32-54(90)91)68-35(5)79)65(101)78-28-10-13-48(78)64(100)72-41(21-26-52(86)87)57(93)69-40(20-25-51(84)85)58(94)75-46(31-37-14-16-38(80)17-15-37)62(98)74-44(29-33(2)3)60(96)73-43(66(102)103)18-23-49(67)81/h7-9,11-12,14-17,33-34,39-48,55,80H,6,10,13,18-32H2,1-5H3,(H2,67,81)(H,68,79)(H,69,93)(H,70,92)(H,71,97)(H,72,100)(H,73,96)(H,74,98)(H,75,94)(H,76,99)(H,77,95)(H,82,83)(H,84,85)(H,86,87)(H,88,89)(H,90,91)(H,102,103)/t34-,39-,40-,41-,42-,43-,44-,45-,46-,47-,48-,55-/m0/s1. The molecule has 0 aromatic heterocycles. The molecule has 1 heterocycles. The lowest BCUT2D eigenvalue weighted by Gasteiger charge is -2.33. The van der Waals surface area contributed by atoms with E-state index in [1.807, 2.05) is 0 Å². The summed E-state index contributed by atoms with van der Waals surface area (Å²) < 4.78 is 0. The average Bonchev–Trinajstić information content (AvgIpc) is 1.74. The van der Waals surface area contributed by atoms with Crippen molar-refractivity contribution >= 4 is 107 Å². The van der Waals surface area contributed by atoms with Crippen molar-refractivity contribution in [2.75, 3.05) is 6.54 Å². The zero-order valence-electron chi connectivity index (χ0n) is 57.4. The number of nitrogens with one attached hydrogen (secondary N) is 10. The van der Waals surface area contributed by atoms with E-state index in [1.165, 1.54) is 31.2 Å². The van der Waals surface area contributed by atoms with E-state index in [-0.39, 0.29) is 50.3 Å². The van der Waals surface area contributed by atoms with E-state index in [9.17, 15) is 122 Å². The summed E-state index contributed by atoms with van der Waals surface area (Å²) in [5, 5.41) is 91.8. The van der Waals surface area contributed by atoms with Crippen LogP contribution in [0.5, 0.6) is 5.75 Å². The number of carboxylic acids is 6. The van der Waals surface area contributed by atoms with Crippen molar-refractivity contribution in [3.63, 3.8) is 0 Å². The van der Waals surface area contributed by atoms with Crippen molar-refractivity contribution in [2.45, 2.75) is 210 Å². The number of aliphatic carboxylic acids is 6. The molecule has 103 heavy (non-hydrogen) atoms. The molecule has 37 heteroatoms. The van der Waals surface area contributed by atoms with Gasteiger partial charge in [0.25, 0.3) is 0 Å². The van der Waals surface area contributed by atoms with Crippen LogP contribution in [0.4, 0.5) is 0 Å². The molecular weight excluding hydrogens is 1360 g/mol. The van der Waals surface area contributed by atoms with E-state index < -0.39 is 256 Å². The molecule has 12 atom stereocenters. The highest BCUT2D eigenvalue weighted by Gasteiger charge is 2.43. The summed E-state index contributed by atoms with van der Waals surface area (Å²) >= 11 is 0. The Labute approximate surface area is 590 Å². The van der Waals surface area contributed by atoms with Crippen LogP contribution >= 0.6 is 0 Å². The maximum atomic E-state index is 14.8. The Morgan fingerprint density at radius 1 is 0.456 bits per heavy atom. The Morgan fingerprint density at radius 3 is 1.24 bits per heavy atom. The van der Waals surface area contributed by atoms with Gasteiger partial charge in [0, 0.05) is 58.4 Å². The van der Waals surface area contributed by atoms with Crippen LogP contribution in [0.3, 0.4) is 0 Å². The summed E-state index contributed by atoms with van der Waals surface area (Å²) in [7, 11) is 0. The fourth-order valence-electron chi connectivity index (χ4n) is 10.8. The monoisotopic (exact) mass is 1450 g/mol. The van der Waals surface area contributed by atoms with Gasteiger partial charge in [0.2, 0.25) is 70.9 Å². The molecule has 1 saturated heterocycles. The average molecular weight is 1450 g/mol. The zero-order valence-corrected chi connectivity index (χ0v) is 57.4. The Balaban J connectivity index is 1.99. The second-order valence-corrected chi connectivity index (χ2v) is 25.2. The molecule has 0 bridgehead atoms. The van der Waals surface area contributed by atoms with Crippen LogP contribution in [0.15, 0.2) is 54.6 Å². The number of amides is 12. The maximum Gasteiger partial charge on any atom is 0.326 e. The number of hydrogen-bond donors (Lipinski definition) is 18. The van der Waals surface area contributed by atoms with Gasteiger partial charge in [-0.1, -0.05) is 76.6 Å². The van der Waals surface area contributed by atoms with Gasteiger partial charge in [-0.05, 0) is 86.5 Å². The predicted molar refractivity (Wildman–Crippen MR) is 356 cm³/mol. The van der Waals surface area contributed by atoms with Crippen LogP contribution in [0.25, 0.3) is 0 Å². The zero-order chi connectivity index (χ0) is 77.4. The Hall–Kier alpha value is -11.3. The van der Waals surface area contributed by atoms with Gasteiger partial charge < -0.3 is 99.5 Å². The molecule has 3 rings (SSSR count). The maximum absolute atomic E-state index is 14.8. The fourth-order valence-corrected chi connectivity index (χ4v) is 10.8. The molecule has 12 amide bonds. The second-order valence-electron chi connectivity index (χ2n) is 25.2. The summed E-state index contributed by atoms with van der Waals surface area (Å²) in [4.78, 5) is 238. The number of benzene rings is 2. The largest absolute Gasteiger partial charge is 0.508 e. The van der Waals surface area contributed by atoms with E-state index >= 15 is 0 Å². The first-order valence-corrected chi connectivity index (χ1v) is 33.1. The quantitative estimate of drug-likeness (QED) is 0.0323. The molecular formula is C66H92N12O25. The second kappa shape index (κ2) is 42.7. The SMILES string of the molecule is CC[C@H](C)[C@H](NC(=O)[C@H](CCC(=O)O)NC(=O)[C@H](CCC(=O)O)NC(=O)[C@H](Cc1ccccc1)NC(=O)[C@H](CC(=O)O)NC(C)=O)C(=O)N1CCC[C@H]1C(=O)N[C@@H](CCC(=O)O)C(=O)N[C@@H](CCC(=O)O)C(=O)N[C@@H](Cc1ccc(O)cc1)C(=O)N[C@@H](CC(C)C)C(=O)N[C@@H](CCC(N)=O)C(=O)O. The number of hydrogen-bond acceptors (Lipinski definition) is 19. The van der Waals surface area contributed by atoms with E-state index in [2.05, 4.69) is 53.2 Å². The lowest BCUT2D eigenvalue weighted by molar-refractivity contribution is -0.144. The number of likely N-dealkylation sites (tertiary alicyclic amines) is 1. The van der Waals surface area contributed by atoms with E-state index in [0.29, 0.717) is 11.1 Å². The Morgan fingerprint density at radius 2 is 0.835 bits per heavy atom. The minimum absolute atomic E-state index is 0.107. The Kier molecular flexibility index (Phi) is 35.6. The number of nitrogens with zero attached hydrogens (tertiary/aromatic N) is 1. The summed E-state index contributed by atoms with van der Waals surface area (Å²) in [5.41, 5.74) is 5.91. The molecule has 1 fully saturated rings. The number of carbonyl (C=O) groups is 18. The minimum atomic E-state index is -1.89. The topological polar surface area (TPSA) is 598 Å². The number of phenols is 1. The number of rotatable bonds is 46. The highest BCUT2D eigenvalue weighted by molar-refractivity contribution is 6.00. The van der Waals surface area contributed by atoms with Crippen molar-refractivity contribution in [1.29, 1.82) is 0 Å². The third kappa shape index (κ3) is 31.0. The van der Waals surface area contributed by atoms with Crippen molar-refractivity contribution in [3.05, 3.63) is 65.7 Å². The third-order valence-electron chi connectivity index (χ3n) is 16.4. The molecule has 37 nitrogen and oxygen atoms in total. The van der Waals surface area contributed by atoms with Crippen LogP contribution in [-0.2, 0) is 99.1 Å². The van der Waals surface area contributed by atoms with Gasteiger partial charge >= 0.3 is 35.8 Å². The van der Waals surface area contributed by atoms with Crippen LogP contribution in [0, 0.1) is 11.8 Å². The molecule has 0 radical (unpaired) electrons. The molecule has 0 unspecified atom stereocenters. The van der Waals surface area contributed by atoms with Gasteiger partial charge in [-0.15, -0.1) is 0 Å². The van der Waals surface area contributed by atoms with Crippen LogP contribution in [0.1, 0.15) is 142 Å². The first-order valence-electron chi connectivity index (χ1n) is 33.1. The molecule has 1 aliphatic rings. The number of carboxylic acid groups (broad SMARTS) is 6. The molecule has 0 saturated carbocycles. The summed E-state index contributed by atoms with van der Waals surface area (Å²) in [6.07, 6.45) is -8.40. The van der Waals surface area contributed by atoms with Crippen LogP contribution in [-0.4, -0.2) is 220 Å². The number of nitrogens with two attached hydrogens (primary N) is 1. The van der Waals surface area contributed by atoms with Gasteiger partial charge in [-0.2, -0.15) is 0 Å². The van der Waals surface area contributed by atoms with Crippen molar-refractivity contribution < 1.29 is 122 Å². The number of carbonyl (C=O) groups excluding carboxylic acids is 12. The van der Waals surface area contributed by atoms with Gasteiger partial charge in [0.05, 0.1) is 6.42 Å². The van der Waals surface area contributed by atoms with Gasteiger partial charge in [0.15, 0.2) is 0 Å². The first kappa shape index (κ1) is 85.9. The lowest BCUT2D eigenvalue weighted by atomic mass is 9.96. The fraction of sp³-hybridized carbons (Fsp3) is 0.545. The molecule has 2 aromatic rings. The molecule has 1 aliphatic heterocycles. The lowest BCUT2D eigenvalue weighted by Crippen LogP contribution is -2.61. The van der Waals surface area contributed by atoms with Crippen molar-refractivity contribution in [2.24, 2.45) is 17.6 Å². The highest BCUT2D eigenvalue weighted by Crippen LogP contribution is 2.23. The van der Waals surface area contributed by atoms with Crippen molar-refractivity contribution in [1.82, 2.24) is 58.1 Å². The van der Waals surface area contributed by atoms with Crippen LogP contribution < -0.4 is 58.9 Å². The molecule has 19 N–H and O–H groups in total. The normalized spacial score (nSPS) is 15.7. The van der Waals surface area contributed by atoms with E-state index in [4.69, 9.17) is 5.73 Å². The van der Waals surface area contributed by atoms with E-state index in [1.54, 1.807) is 51.1 Å². The number of phenolic OH excluding ortho intramolecular Hbond substituents is 1. The molecule has 0 spiro atoms. The number of aromatic hydroxyl groups is 1. The number of primary amides is 1. The molecule has 2 aromatic carbocycles. The van der Waals surface area contributed by atoms with Gasteiger partial charge in [-0.25, -0.2) is 4.79 Å². The predicted octanol–water partition coefficient (Wildman–Crippen LogP) is -2.59. The summed E-state index contributed by atoms with van der Waals surface area (Å²) in [6.45, 7) is 7.31. The Bertz CT molecular complexity index is 3370. The van der Waals surface area contributed by atoms with Crippen molar-refractivity contribution in [3.8, 4) is 5.75 Å². The highest BCUT2D eigenvalue weighted by atomic mass is 16.4. The molecule has 0 aliphatic carbocycles. The van der Waals surface area contributed by atoms with E-state index in [0.717, 1.165) is 11.8 Å². The minimum Gasteiger partial charge on any atom is -0.508 e.